The monoisotopic (exact) mass is 591 g/mol. The first-order valence-corrected chi connectivity index (χ1v) is 12.0. The van der Waals surface area contributed by atoms with E-state index in [1.54, 1.807) is 69.4 Å². The Morgan fingerprint density at radius 3 is 1.02 bits per heavy atom. The molecule has 8 nitrogen and oxygen atoms in total. The van der Waals surface area contributed by atoms with Gasteiger partial charge in [0.15, 0.2) is 0 Å². The van der Waals surface area contributed by atoms with Crippen LogP contribution in [0.2, 0.25) is 0 Å². The molecule has 9 heteroatoms. The molecule has 0 aliphatic heterocycles. The fourth-order valence-electron chi connectivity index (χ4n) is 0.401. The van der Waals surface area contributed by atoms with Gasteiger partial charge < -0.3 is 0 Å². The summed E-state index contributed by atoms with van der Waals surface area (Å²) in [6.07, 6.45) is 14.9. The van der Waals surface area contributed by atoms with Gasteiger partial charge in [-0.25, -0.2) is 5.26 Å². The van der Waals surface area contributed by atoms with Crippen LogP contribution in [0.25, 0.3) is 0 Å². The number of rotatable bonds is 7. The quantitative estimate of drug-likeness (QED) is 0.0920. The van der Waals surface area contributed by atoms with Gasteiger partial charge >= 0.3 is 0 Å². The average Bonchev–Trinajstić information content (AvgIpc) is 3.10. The lowest BCUT2D eigenvalue weighted by atomic mass is 10.2. The third-order valence-electron chi connectivity index (χ3n) is 2.49. The molecule has 44 heavy (non-hydrogen) atoms. The molecule has 0 spiro atoms. The second-order valence-corrected chi connectivity index (χ2v) is 6.29. The number of hydrogen-bond acceptors (Lipinski definition) is 8. The van der Waals surface area contributed by atoms with E-state index in [-0.39, 0.29) is 11.8 Å². The fourth-order valence-corrected chi connectivity index (χ4v) is 0.401. The number of allylic oxidation sites excluding steroid dienone is 9. The molecular formula is C35H47BN8. The standard InChI is InChI=1S/3C5H7N.3C4H5N.C4H6.C3H3N.CHN.BH/c2*1-3-5(2)4-6;1-2-3-4-5-6;1-4(2)3-5;2*1-2-3-4-5;1-3-4-2;1-2-3-4;1-2;/h2*3,5H,1H2,2H3;2H,1,3-4H2;1H2,2H3;2*2H,1,3H2;3-4H,1-2H2;2H,1H2;1H;1H/i;;;;;;;;;1D. The third-order valence-corrected chi connectivity index (χ3v) is 2.49. The molecule has 0 rings (SSSR count). The predicted molar refractivity (Wildman–Crippen MR) is 186 cm³/mol. The van der Waals surface area contributed by atoms with Crippen molar-refractivity contribution in [3.05, 3.63) is 113 Å². The van der Waals surface area contributed by atoms with Crippen LogP contribution in [-0.2, 0) is 0 Å². The van der Waals surface area contributed by atoms with Gasteiger partial charge in [0, 0.05) is 33.0 Å². The highest BCUT2D eigenvalue weighted by Crippen LogP contribution is 1.88. The minimum atomic E-state index is 0.00463. The van der Waals surface area contributed by atoms with Crippen molar-refractivity contribution in [2.24, 2.45) is 11.8 Å². The highest BCUT2D eigenvalue weighted by Gasteiger charge is 1.84. The molecule has 0 aliphatic rings. The van der Waals surface area contributed by atoms with Crippen LogP contribution in [0, 0.1) is 103 Å². The van der Waals surface area contributed by atoms with Crippen molar-refractivity contribution in [3.63, 3.8) is 0 Å². The fraction of sp³-hybridized carbons (Fsp3) is 0.257. The van der Waals surface area contributed by atoms with Gasteiger partial charge in [-0.3, -0.25) is 0 Å². The smallest absolute Gasteiger partial charge is 0.0937 e. The zero-order valence-electron chi connectivity index (χ0n) is 27.7. The van der Waals surface area contributed by atoms with E-state index in [2.05, 4.69) is 74.2 Å². The normalized spacial score (nSPS) is 7.00. The first-order valence-electron chi connectivity index (χ1n) is 12.6. The minimum absolute atomic E-state index is 0.00463. The molecule has 0 aliphatic carbocycles. The van der Waals surface area contributed by atoms with Gasteiger partial charge in [-0.2, -0.15) is 36.8 Å². The van der Waals surface area contributed by atoms with Crippen molar-refractivity contribution in [3.8, 4) is 49.1 Å². The van der Waals surface area contributed by atoms with Crippen LogP contribution in [-0.4, -0.2) is 9.71 Å². The summed E-state index contributed by atoms with van der Waals surface area (Å²) in [6, 6.07) is 13.3. The second kappa shape index (κ2) is 99.4. The first kappa shape index (κ1) is 61.6. The van der Waals surface area contributed by atoms with Crippen LogP contribution in [0.1, 0.15) is 46.5 Å². The number of hydrogen-bond donors (Lipinski definition) is 0. The largest absolute Gasteiger partial charge is 0.202 e. The molecule has 0 aromatic carbocycles. The lowest BCUT2D eigenvalue weighted by Gasteiger charge is -1.80. The molecule has 0 heterocycles. The molecule has 2 atom stereocenters. The van der Waals surface area contributed by atoms with E-state index in [4.69, 9.17) is 43.4 Å². The molecule has 0 fully saturated rings. The van der Waals surface area contributed by atoms with Crippen LogP contribution < -0.4 is 0 Å². The summed E-state index contributed by atoms with van der Waals surface area (Å²) >= 11 is 0. The van der Waals surface area contributed by atoms with E-state index >= 15 is 0 Å². The molecule has 0 aromatic rings. The van der Waals surface area contributed by atoms with Gasteiger partial charge in [0.05, 0.1) is 67.2 Å². The molecule has 0 aromatic heterocycles. The Morgan fingerprint density at radius 1 is 0.705 bits per heavy atom. The second-order valence-electron chi connectivity index (χ2n) is 6.29. The van der Waals surface area contributed by atoms with Crippen LogP contribution >= 0.6 is 0 Å². The summed E-state index contributed by atoms with van der Waals surface area (Å²) in [5.74, 6) is 0.00926. The molecule has 0 bridgehead atoms. The number of nitrogens with zero attached hydrogens (tertiary/aromatic N) is 8. The molecule has 2 radical (unpaired) electrons. The zero-order chi connectivity index (χ0) is 38.2. The lowest BCUT2D eigenvalue weighted by Crippen LogP contribution is -1.76. The highest BCUT2D eigenvalue weighted by molar-refractivity contribution is 5.75. The van der Waals surface area contributed by atoms with Gasteiger partial charge in [-0.15, -0.1) is 32.9 Å². The number of unbranched alkanes of at least 4 members (excludes halogenated alkanes) is 1. The number of nitriles is 8. The van der Waals surface area contributed by atoms with Crippen LogP contribution in [0.15, 0.2) is 113 Å². The van der Waals surface area contributed by atoms with Gasteiger partial charge in [-0.1, -0.05) is 68.8 Å². The Labute approximate surface area is 272 Å². The van der Waals surface area contributed by atoms with E-state index in [1.165, 1.54) is 6.08 Å². The Kier molecular flexibility index (Phi) is 139. The molecular weight excluding hydrogens is 543 g/mol. The van der Waals surface area contributed by atoms with Crippen molar-refractivity contribution < 1.29 is 0 Å². The van der Waals surface area contributed by atoms with E-state index in [9.17, 15) is 0 Å². The van der Waals surface area contributed by atoms with Crippen molar-refractivity contribution >= 4 is 8.38 Å². The molecule has 0 N–H and O–H groups in total. The maximum Gasteiger partial charge on any atom is 0.0937 e. The SMILES string of the molecule is C#N.C=C(C)C#N.C=CC#N.C=CC(C)C#N.C=CC(C)C#N.C=CC=C.C=CCC#N.C=CCC#N.C=CCCC#N.[2H][B]. The van der Waals surface area contributed by atoms with Crippen LogP contribution in [0.3, 0.4) is 0 Å². The summed E-state index contributed by atoms with van der Waals surface area (Å²) in [7, 11) is 3.75. The molecule has 0 saturated carbocycles. The Bertz CT molecular complexity index is 992. The molecule has 230 valence electrons. The minimum Gasteiger partial charge on any atom is -0.202 e. The summed E-state index contributed by atoms with van der Waals surface area (Å²) in [5, 5.41) is 61.2. The van der Waals surface area contributed by atoms with Gasteiger partial charge in [0.2, 0.25) is 0 Å². The highest BCUT2D eigenvalue weighted by atomic mass is 14.2. The summed E-state index contributed by atoms with van der Waals surface area (Å²) in [6.45, 7) is 38.8. The van der Waals surface area contributed by atoms with Crippen LogP contribution in [0.4, 0.5) is 0 Å². The lowest BCUT2D eigenvalue weighted by molar-refractivity contribution is 0.960. The zero-order valence-corrected chi connectivity index (χ0v) is 26.7. The van der Waals surface area contributed by atoms with Crippen molar-refractivity contribution in [2.45, 2.75) is 46.5 Å². The molecule has 0 saturated heterocycles. The topological polar surface area (TPSA) is 190 Å². The maximum atomic E-state index is 8.01. The maximum absolute atomic E-state index is 8.01. The van der Waals surface area contributed by atoms with E-state index in [0.29, 0.717) is 24.8 Å². The summed E-state index contributed by atoms with van der Waals surface area (Å²) < 4.78 is 5.25. The van der Waals surface area contributed by atoms with E-state index < -0.39 is 0 Å². The summed E-state index contributed by atoms with van der Waals surface area (Å²) in [5.41, 5.74) is 0.560. The van der Waals surface area contributed by atoms with Crippen molar-refractivity contribution in [2.75, 3.05) is 0 Å². The van der Waals surface area contributed by atoms with Gasteiger partial charge in [0.25, 0.3) is 0 Å². The molecule has 2 unspecified atom stereocenters. The first-order chi connectivity index (χ1) is 21.5. The Balaban J connectivity index is -0.0000000384. The summed E-state index contributed by atoms with van der Waals surface area (Å²) in [4.78, 5) is 0. The van der Waals surface area contributed by atoms with Gasteiger partial charge in [-0.05, 0) is 28.5 Å². The van der Waals surface area contributed by atoms with Crippen LogP contribution in [0.5, 0.6) is 0 Å². The van der Waals surface area contributed by atoms with E-state index in [0.717, 1.165) is 6.42 Å². The Morgan fingerprint density at radius 2 is 1.00 bits per heavy atom. The van der Waals surface area contributed by atoms with Gasteiger partial charge in [0.1, 0.15) is 0 Å². The average molecular weight is 592 g/mol. The Hall–Kier alpha value is -6.36. The molecule has 0 amide bonds. The third kappa shape index (κ3) is 268. The van der Waals surface area contributed by atoms with Crippen molar-refractivity contribution in [1.82, 2.24) is 0 Å². The van der Waals surface area contributed by atoms with E-state index in [1.807, 2.05) is 36.4 Å². The predicted octanol–water partition coefficient (Wildman–Crippen LogP) is 8.94. The van der Waals surface area contributed by atoms with Crippen molar-refractivity contribution in [1.29, 1.82) is 43.4 Å².